The number of nitrogens with zero attached hydrogens (tertiary/aromatic N) is 4. The van der Waals surface area contributed by atoms with Gasteiger partial charge in [-0.25, -0.2) is 0 Å². The van der Waals surface area contributed by atoms with Crippen LogP contribution in [0.3, 0.4) is 0 Å². The van der Waals surface area contributed by atoms with Gasteiger partial charge in [0, 0.05) is 56.7 Å². The van der Waals surface area contributed by atoms with Crippen molar-refractivity contribution in [3.63, 3.8) is 0 Å². The maximum atomic E-state index is 4.78. The van der Waals surface area contributed by atoms with Gasteiger partial charge in [0.05, 0.1) is 11.7 Å². The number of hydrogen-bond acceptors (Lipinski definition) is 5. The molecule has 0 radical (unpaired) electrons. The molecule has 4 heterocycles. The Balaban J connectivity index is 1.18. The summed E-state index contributed by atoms with van der Waals surface area (Å²) in [6.45, 7) is 6.99. The van der Waals surface area contributed by atoms with Gasteiger partial charge in [0.25, 0.3) is 0 Å². The second-order valence-corrected chi connectivity index (χ2v) is 10.4. The Morgan fingerprint density at radius 2 is 2.00 bits per heavy atom. The molecule has 5 heteroatoms. The Hall–Kier alpha value is -1.95. The minimum atomic E-state index is 0.453. The van der Waals surface area contributed by atoms with Gasteiger partial charge in [-0.15, -0.1) is 0 Å². The van der Waals surface area contributed by atoms with Crippen LogP contribution in [-0.2, 0) is 19.4 Å². The van der Waals surface area contributed by atoms with Gasteiger partial charge in [0.15, 0.2) is 0 Å². The highest BCUT2D eigenvalue weighted by Gasteiger charge is 2.33. The predicted molar refractivity (Wildman–Crippen MR) is 130 cm³/mol. The van der Waals surface area contributed by atoms with Gasteiger partial charge in [-0.1, -0.05) is 18.2 Å². The molecule has 3 aliphatic heterocycles. The summed E-state index contributed by atoms with van der Waals surface area (Å²) < 4.78 is 0. The molecule has 32 heavy (non-hydrogen) atoms. The van der Waals surface area contributed by atoms with Crippen molar-refractivity contribution in [1.29, 1.82) is 0 Å². The number of hydrogen-bond donors (Lipinski definition) is 1. The lowest BCUT2D eigenvalue weighted by molar-refractivity contribution is 0.190. The van der Waals surface area contributed by atoms with E-state index in [1.54, 1.807) is 5.56 Å². The molecule has 0 spiro atoms. The average molecular weight is 432 g/mol. The summed E-state index contributed by atoms with van der Waals surface area (Å²) in [5, 5.41) is 3.85. The van der Waals surface area contributed by atoms with Crippen LogP contribution in [0.2, 0.25) is 0 Å². The summed E-state index contributed by atoms with van der Waals surface area (Å²) in [5.74, 6) is 0. The largest absolute Gasteiger partial charge is 0.368 e. The number of rotatable bonds is 4. The van der Waals surface area contributed by atoms with E-state index in [2.05, 4.69) is 57.4 Å². The highest BCUT2D eigenvalue weighted by molar-refractivity contribution is 5.58. The monoisotopic (exact) mass is 431 g/mol. The molecule has 0 bridgehead atoms. The van der Waals surface area contributed by atoms with Gasteiger partial charge in [-0.05, 0) is 80.9 Å². The third kappa shape index (κ3) is 3.85. The summed E-state index contributed by atoms with van der Waals surface area (Å²) >= 11 is 0. The topological polar surface area (TPSA) is 34.6 Å². The Kier molecular flexibility index (Phi) is 5.66. The lowest BCUT2D eigenvalue weighted by Gasteiger charge is -2.41. The fourth-order valence-corrected chi connectivity index (χ4v) is 6.72. The van der Waals surface area contributed by atoms with Gasteiger partial charge < -0.3 is 10.2 Å². The van der Waals surface area contributed by atoms with E-state index in [1.807, 2.05) is 6.20 Å². The van der Waals surface area contributed by atoms with E-state index in [4.69, 9.17) is 4.98 Å². The molecule has 4 aliphatic rings. The molecule has 1 aromatic carbocycles. The van der Waals surface area contributed by atoms with Crippen LogP contribution in [0.1, 0.15) is 54.1 Å². The van der Waals surface area contributed by atoms with E-state index in [0.29, 0.717) is 12.1 Å². The molecule has 5 nitrogen and oxygen atoms in total. The van der Waals surface area contributed by atoms with Gasteiger partial charge in [-0.3, -0.25) is 14.8 Å². The SMILES string of the molecule is CN(C[C@H]1Cc2c(cccc2N2CCN3CCC[C@@H]3C2)CN1)C1CCCc2cccnc21. The number of aromatic nitrogens is 1. The molecule has 0 amide bonds. The predicted octanol–water partition coefficient (Wildman–Crippen LogP) is 3.39. The molecule has 1 unspecified atom stereocenters. The van der Waals surface area contributed by atoms with Crippen molar-refractivity contribution in [3.8, 4) is 0 Å². The maximum Gasteiger partial charge on any atom is 0.0607 e. The van der Waals surface area contributed by atoms with Crippen molar-refractivity contribution in [2.45, 2.75) is 63.2 Å². The molecule has 2 fully saturated rings. The molecular weight excluding hydrogens is 394 g/mol. The summed E-state index contributed by atoms with van der Waals surface area (Å²) in [6.07, 6.45) is 9.52. The van der Waals surface area contributed by atoms with E-state index in [9.17, 15) is 0 Å². The number of nitrogens with one attached hydrogen (secondary N) is 1. The first-order valence-electron chi connectivity index (χ1n) is 12.7. The van der Waals surface area contributed by atoms with Crippen molar-refractivity contribution in [2.75, 3.05) is 44.7 Å². The van der Waals surface area contributed by atoms with Crippen LogP contribution in [0.5, 0.6) is 0 Å². The van der Waals surface area contributed by atoms with Crippen LogP contribution >= 0.6 is 0 Å². The van der Waals surface area contributed by atoms with Crippen LogP contribution in [0.15, 0.2) is 36.5 Å². The van der Waals surface area contributed by atoms with Crippen molar-refractivity contribution in [2.24, 2.45) is 0 Å². The number of piperazine rings is 1. The Labute approximate surface area is 192 Å². The minimum Gasteiger partial charge on any atom is -0.368 e. The van der Waals surface area contributed by atoms with Crippen LogP contribution < -0.4 is 10.2 Å². The molecule has 1 aliphatic carbocycles. The zero-order chi connectivity index (χ0) is 21.5. The van der Waals surface area contributed by atoms with Crippen molar-refractivity contribution < 1.29 is 0 Å². The first-order chi connectivity index (χ1) is 15.8. The van der Waals surface area contributed by atoms with Gasteiger partial charge in [0.2, 0.25) is 0 Å². The molecule has 6 rings (SSSR count). The van der Waals surface area contributed by atoms with E-state index >= 15 is 0 Å². The standard InChI is InChI=1S/C27H37N5/c1-30(26-11-2-6-20-8-4-12-28-27(20)26)18-22-16-24-21(17-29-22)7-3-10-25(24)32-15-14-31-13-5-9-23(31)19-32/h3-4,7-8,10,12,22-23,26,29H,2,5-6,9,11,13-19H2,1H3/t22-,23-,26?/m1/s1. The lowest BCUT2D eigenvalue weighted by Crippen LogP contribution is -2.51. The second kappa shape index (κ2) is 8.77. The molecule has 2 aromatic rings. The van der Waals surface area contributed by atoms with Crippen molar-refractivity contribution in [1.82, 2.24) is 20.1 Å². The third-order valence-corrected chi connectivity index (χ3v) is 8.41. The summed E-state index contributed by atoms with van der Waals surface area (Å²) in [4.78, 5) is 12.7. The normalized spacial score (nSPS) is 27.8. The fourth-order valence-electron chi connectivity index (χ4n) is 6.72. The van der Waals surface area contributed by atoms with E-state index in [0.717, 1.165) is 25.6 Å². The lowest BCUT2D eigenvalue weighted by atomic mass is 9.89. The number of pyridine rings is 1. The molecule has 3 atom stereocenters. The number of likely N-dealkylation sites (N-methyl/N-ethyl adjacent to an activating group) is 1. The first kappa shape index (κ1) is 20.6. The zero-order valence-electron chi connectivity index (χ0n) is 19.5. The zero-order valence-corrected chi connectivity index (χ0v) is 19.5. The van der Waals surface area contributed by atoms with E-state index in [-0.39, 0.29) is 0 Å². The highest BCUT2D eigenvalue weighted by Crippen LogP contribution is 2.34. The fraction of sp³-hybridized carbons (Fsp3) is 0.593. The van der Waals surface area contributed by atoms with Gasteiger partial charge in [0.1, 0.15) is 0 Å². The van der Waals surface area contributed by atoms with Crippen molar-refractivity contribution >= 4 is 5.69 Å². The van der Waals surface area contributed by atoms with E-state index < -0.39 is 0 Å². The number of fused-ring (bicyclic) bond motifs is 3. The van der Waals surface area contributed by atoms with Gasteiger partial charge >= 0.3 is 0 Å². The first-order valence-corrected chi connectivity index (χ1v) is 12.7. The number of benzene rings is 1. The molecular formula is C27H37N5. The molecule has 2 saturated heterocycles. The molecule has 1 aromatic heterocycles. The molecule has 1 N–H and O–H groups in total. The van der Waals surface area contributed by atoms with Gasteiger partial charge in [-0.2, -0.15) is 0 Å². The summed E-state index contributed by atoms with van der Waals surface area (Å²) in [6, 6.07) is 13.1. The summed E-state index contributed by atoms with van der Waals surface area (Å²) in [5.41, 5.74) is 7.37. The Morgan fingerprint density at radius 3 is 2.97 bits per heavy atom. The van der Waals surface area contributed by atoms with Crippen molar-refractivity contribution in [3.05, 3.63) is 58.9 Å². The quantitative estimate of drug-likeness (QED) is 0.803. The van der Waals surface area contributed by atoms with E-state index in [1.165, 1.54) is 80.8 Å². The smallest absolute Gasteiger partial charge is 0.0607 e. The van der Waals surface area contributed by atoms with Crippen LogP contribution in [-0.4, -0.2) is 66.6 Å². The maximum absolute atomic E-state index is 4.78. The number of aryl methyl sites for hydroxylation is 1. The highest BCUT2D eigenvalue weighted by atomic mass is 15.3. The Morgan fingerprint density at radius 1 is 1.06 bits per heavy atom. The average Bonchev–Trinajstić information content (AvgIpc) is 3.31. The third-order valence-electron chi connectivity index (χ3n) is 8.41. The molecule has 170 valence electrons. The molecule has 0 saturated carbocycles. The number of anilines is 1. The van der Waals surface area contributed by atoms with Crippen LogP contribution in [0.4, 0.5) is 5.69 Å². The Bertz CT molecular complexity index is 959. The summed E-state index contributed by atoms with van der Waals surface area (Å²) in [7, 11) is 2.30. The van der Waals surface area contributed by atoms with Crippen LogP contribution in [0, 0.1) is 0 Å². The minimum absolute atomic E-state index is 0.453. The van der Waals surface area contributed by atoms with Crippen LogP contribution in [0.25, 0.3) is 0 Å². The second-order valence-electron chi connectivity index (χ2n) is 10.4.